The van der Waals surface area contributed by atoms with E-state index in [0.717, 1.165) is 19.6 Å². The number of hydrogen-bond acceptors (Lipinski definition) is 2. The molecule has 1 aliphatic heterocycles. The average molecular weight is 208 g/mol. The zero-order chi connectivity index (χ0) is 11.7. The summed E-state index contributed by atoms with van der Waals surface area (Å²) in [5, 5.41) is 3.46. The van der Waals surface area contributed by atoms with Gasteiger partial charge in [-0.25, -0.2) is 0 Å². The number of hydrogen-bond donors (Lipinski definition) is 1. The van der Waals surface area contributed by atoms with Gasteiger partial charge in [-0.15, -0.1) is 0 Å². The average Bonchev–Trinajstić information content (AvgIpc) is 2.28. The molecule has 0 bridgehead atoms. The van der Waals surface area contributed by atoms with Gasteiger partial charge in [0, 0.05) is 25.7 Å². The van der Waals surface area contributed by atoms with Crippen molar-refractivity contribution in [2.75, 3.05) is 26.7 Å². The first-order chi connectivity index (χ1) is 7.27. The molecule has 1 unspecified atom stereocenters. The van der Waals surface area contributed by atoms with Gasteiger partial charge in [-0.05, 0) is 12.6 Å². The van der Waals surface area contributed by atoms with Gasteiger partial charge in [-0.1, -0.05) is 45.2 Å². The van der Waals surface area contributed by atoms with Crippen molar-refractivity contribution in [2.45, 2.75) is 19.9 Å². The Balaban J connectivity index is 0.000000921. The summed E-state index contributed by atoms with van der Waals surface area (Å²) in [7, 11) is 2.14. The maximum Gasteiger partial charge on any atom is 0.0449 e. The third-order valence-corrected chi connectivity index (χ3v) is 2.33. The fourth-order valence-corrected chi connectivity index (χ4v) is 1.58. The lowest BCUT2D eigenvalue weighted by Crippen LogP contribution is -2.49. The van der Waals surface area contributed by atoms with E-state index in [2.05, 4.69) is 30.4 Å². The Kier molecular flexibility index (Phi) is 7.96. The SMILES string of the molecule is C=C/C=C(\C=C)C1CN(C)CCN1.CC. The number of nitrogens with zero attached hydrogens (tertiary/aromatic N) is 1. The van der Waals surface area contributed by atoms with E-state index in [0.29, 0.717) is 6.04 Å². The van der Waals surface area contributed by atoms with Crippen molar-refractivity contribution in [2.24, 2.45) is 0 Å². The van der Waals surface area contributed by atoms with Crippen molar-refractivity contribution in [3.05, 3.63) is 37.0 Å². The predicted molar refractivity (Wildman–Crippen MR) is 69.1 cm³/mol. The molecule has 2 nitrogen and oxygen atoms in total. The smallest absolute Gasteiger partial charge is 0.0449 e. The number of rotatable bonds is 3. The lowest BCUT2D eigenvalue weighted by atomic mass is 10.0. The molecule has 0 aromatic rings. The lowest BCUT2D eigenvalue weighted by molar-refractivity contribution is 0.257. The van der Waals surface area contributed by atoms with Crippen LogP contribution in [0, 0.1) is 0 Å². The summed E-state index contributed by atoms with van der Waals surface area (Å²) in [6.45, 7) is 14.7. The van der Waals surface area contributed by atoms with Gasteiger partial charge in [0.25, 0.3) is 0 Å². The summed E-state index contributed by atoms with van der Waals surface area (Å²) in [5.74, 6) is 0. The zero-order valence-electron chi connectivity index (χ0n) is 10.3. The van der Waals surface area contributed by atoms with Crippen LogP contribution < -0.4 is 5.32 Å². The molecule has 1 heterocycles. The van der Waals surface area contributed by atoms with E-state index in [9.17, 15) is 0 Å². The minimum atomic E-state index is 0.411. The molecule has 86 valence electrons. The largest absolute Gasteiger partial charge is 0.308 e. The molecule has 0 aliphatic carbocycles. The molecule has 1 fully saturated rings. The fraction of sp³-hybridized carbons (Fsp3) is 0.538. The van der Waals surface area contributed by atoms with Crippen molar-refractivity contribution in [3.63, 3.8) is 0 Å². The molecule has 1 saturated heterocycles. The second kappa shape index (κ2) is 8.45. The van der Waals surface area contributed by atoms with Crippen LogP contribution in [0.5, 0.6) is 0 Å². The van der Waals surface area contributed by atoms with E-state index in [1.807, 2.05) is 32.1 Å². The van der Waals surface area contributed by atoms with E-state index in [-0.39, 0.29) is 0 Å². The highest BCUT2D eigenvalue weighted by Gasteiger charge is 2.17. The lowest BCUT2D eigenvalue weighted by Gasteiger charge is -2.31. The summed E-state index contributed by atoms with van der Waals surface area (Å²) >= 11 is 0. The molecule has 0 saturated carbocycles. The highest BCUT2D eigenvalue weighted by atomic mass is 15.2. The first kappa shape index (κ1) is 14.1. The molecule has 0 amide bonds. The third kappa shape index (κ3) is 4.96. The van der Waals surface area contributed by atoms with Crippen LogP contribution in [-0.2, 0) is 0 Å². The summed E-state index contributed by atoms with van der Waals surface area (Å²) in [5.41, 5.74) is 1.22. The minimum absolute atomic E-state index is 0.411. The highest BCUT2D eigenvalue weighted by Crippen LogP contribution is 2.08. The number of nitrogens with one attached hydrogen (secondary N) is 1. The van der Waals surface area contributed by atoms with Crippen LogP contribution in [0.1, 0.15) is 13.8 Å². The molecular weight excluding hydrogens is 184 g/mol. The Morgan fingerprint density at radius 1 is 1.40 bits per heavy atom. The number of likely N-dealkylation sites (N-methyl/N-ethyl adjacent to an activating group) is 1. The Bertz CT molecular complexity index is 219. The summed E-state index contributed by atoms with van der Waals surface area (Å²) in [4.78, 5) is 2.32. The molecule has 1 rings (SSSR count). The number of allylic oxidation sites excluding steroid dienone is 2. The highest BCUT2D eigenvalue weighted by molar-refractivity contribution is 5.27. The summed E-state index contributed by atoms with van der Waals surface area (Å²) in [6, 6.07) is 0.411. The third-order valence-electron chi connectivity index (χ3n) is 2.33. The van der Waals surface area contributed by atoms with Crippen molar-refractivity contribution >= 4 is 0 Å². The van der Waals surface area contributed by atoms with Gasteiger partial charge >= 0.3 is 0 Å². The fourth-order valence-electron chi connectivity index (χ4n) is 1.58. The van der Waals surface area contributed by atoms with Crippen LogP contribution in [0.15, 0.2) is 37.0 Å². The second-order valence-electron chi connectivity index (χ2n) is 3.38. The molecule has 1 aliphatic rings. The molecule has 0 aromatic carbocycles. The molecule has 0 radical (unpaired) electrons. The normalized spacial score (nSPS) is 22.6. The predicted octanol–water partition coefficient (Wildman–Crippen LogP) is 2.21. The topological polar surface area (TPSA) is 15.3 Å². The molecule has 1 atom stereocenters. The van der Waals surface area contributed by atoms with Crippen molar-refractivity contribution < 1.29 is 0 Å². The van der Waals surface area contributed by atoms with Gasteiger partial charge in [0.05, 0.1) is 0 Å². The quantitative estimate of drug-likeness (QED) is 0.715. The van der Waals surface area contributed by atoms with Crippen LogP contribution in [0.4, 0.5) is 0 Å². The minimum Gasteiger partial charge on any atom is -0.308 e. The standard InChI is InChI=1S/C11H18N2.C2H6/c1-4-6-10(5-2)11-9-13(3)8-7-12-11;1-2/h4-6,11-12H,1-2,7-9H2,3H3;1-2H3/b10-6+;. The Hall–Kier alpha value is -0.860. The monoisotopic (exact) mass is 208 g/mol. The second-order valence-corrected chi connectivity index (χ2v) is 3.38. The Morgan fingerprint density at radius 2 is 2.07 bits per heavy atom. The van der Waals surface area contributed by atoms with Gasteiger partial charge in [-0.3, -0.25) is 0 Å². The van der Waals surface area contributed by atoms with E-state index in [4.69, 9.17) is 0 Å². The van der Waals surface area contributed by atoms with Gasteiger partial charge in [0.1, 0.15) is 0 Å². The van der Waals surface area contributed by atoms with Crippen molar-refractivity contribution in [1.29, 1.82) is 0 Å². The van der Waals surface area contributed by atoms with Crippen LogP contribution in [-0.4, -0.2) is 37.6 Å². The van der Waals surface area contributed by atoms with E-state index in [1.54, 1.807) is 0 Å². The molecule has 1 N–H and O–H groups in total. The Labute approximate surface area is 94.4 Å². The van der Waals surface area contributed by atoms with Gasteiger partial charge in [-0.2, -0.15) is 0 Å². The van der Waals surface area contributed by atoms with Gasteiger partial charge in [0.2, 0.25) is 0 Å². The van der Waals surface area contributed by atoms with Crippen LogP contribution >= 0.6 is 0 Å². The first-order valence-electron chi connectivity index (χ1n) is 5.65. The summed E-state index contributed by atoms with van der Waals surface area (Å²) < 4.78 is 0. The zero-order valence-corrected chi connectivity index (χ0v) is 10.3. The molecule has 15 heavy (non-hydrogen) atoms. The molecule has 0 aromatic heterocycles. The van der Waals surface area contributed by atoms with E-state index in [1.165, 1.54) is 5.57 Å². The first-order valence-corrected chi connectivity index (χ1v) is 5.65. The van der Waals surface area contributed by atoms with E-state index >= 15 is 0 Å². The van der Waals surface area contributed by atoms with Crippen LogP contribution in [0.2, 0.25) is 0 Å². The van der Waals surface area contributed by atoms with Crippen LogP contribution in [0.3, 0.4) is 0 Å². The Morgan fingerprint density at radius 3 is 2.53 bits per heavy atom. The van der Waals surface area contributed by atoms with Gasteiger partial charge in [0.15, 0.2) is 0 Å². The summed E-state index contributed by atoms with van der Waals surface area (Å²) in [6.07, 6.45) is 5.73. The number of piperazine rings is 1. The van der Waals surface area contributed by atoms with Gasteiger partial charge < -0.3 is 10.2 Å². The maximum atomic E-state index is 3.81. The van der Waals surface area contributed by atoms with Crippen molar-refractivity contribution in [1.82, 2.24) is 10.2 Å². The van der Waals surface area contributed by atoms with Crippen LogP contribution in [0.25, 0.3) is 0 Å². The molecule has 0 spiro atoms. The van der Waals surface area contributed by atoms with Crippen molar-refractivity contribution in [3.8, 4) is 0 Å². The van der Waals surface area contributed by atoms with E-state index < -0.39 is 0 Å². The maximum absolute atomic E-state index is 3.81. The molecular formula is C13H24N2. The molecule has 2 heteroatoms.